The van der Waals surface area contributed by atoms with Gasteiger partial charge in [0.25, 0.3) is 0 Å². The molecule has 0 amide bonds. The fourth-order valence-corrected chi connectivity index (χ4v) is 3.19. The van der Waals surface area contributed by atoms with Crippen LogP contribution in [0.3, 0.4) is 0 Å². The van der Waals surface area contributed by atoms with Crippen LogP contribution in [0.5, 0.6) is 5.75 Å². The van der Waals surface area contributed by atoms with E-state index in [9.17, 15) is 5.11 Å². The van der Waals surface area contributed by atoms with Crippen LogP contribution in [0.25, 0.3) is 11.0 Å². The Bertz CT molecular complexity index is 593. The lowest BCUT2D eigenvalue weighted by atomic mass is 9.87. The van der Waals surface area contributed by atoms with Crippen molar-refractivity contribution in [1.29, 1.82) is 0 Å². The molecule has 0 saturated heterocycles. The van der Waals surface area contributed by atoms with E-state index < -0.39 is 0 Å². The number of ether oxygens (including phenoxy) is 1. The predicted octanol–water partition coefficient (Wildman–Crippen LogP) is 3.08. The van der Waals surface area contributed by atoms with Crippen LogP contribution in [0.2, 0.25) is 0 Å². The van der Waals surface area contributed by atoms with E-state index in [0.717, 1.165) is 48.3 Å². The van der Waals surface area contributed by atoms with E-state index in [1.807, 2.05) is 18.2 Å². The van der Waals surface area contributed by atoms with Crippen LogP contribution >= 0.6 is 0 Å². The van der Waals surface area contributed by atoms with E-state index in [1.54, 1.807) is 7.11 Å². The average molecular weight is 289 g/mol. The van der Waals surface area contributed by atoms with Gasteiger partial charge in [-0.2, -0.15) is 0 Å². The van der Waals surface area contributed by atoms with Crippen LogP contribution in [0.4, 0.5) is 0 Å². The number of fused-ring (bicyclic) bond motifs is 1. The molecule has 0 bridgehead atoms. The zero-order chi connectivity index (χ0) is 14.7. The van der Waals surface area contributed by atoms with Crippen LogP contribution in [-0.4, -0.2) is 24.9 Å². The molecule has 1 aliphatic carbocycles. The van der Waals surface area contributed by atoms with E-state index in [0.29, 0.717) is 12.5 Å². The molecule has 2 aromatic rings. The first-order chi connectivity index (χ1) is 10.3. The normalized spacial score (nSPS) is 22.6. The molecule has 0 radical (unpaired) electrons. The van der Waals surface area contributed by atoms with Crippen molar-refractivity contribution >= 4 is 11.0 Å². The third-order valence-corrected chi connectivity index (χ3v) is 4.27. The molecule has 21 heavy (non-hydrogen) atoms. The third-order valence-electron chi connectivity index (χ3n) is 4.27. The number of para-hydroxylation sites is 1. The van der Waals surface area contributed by atoms with Gasteiger partial charge < -0.3 is 19.6 Å². The summed E-state index contributed by atoms with van der Waals surface area (Å²) in [5.74, 6) is 2.27. The maximum Gasteiger partial charge on any atom is 0.176 e. The van der Waals surface area contributed by atoms with Crippen molar-refractivity contribution in [3.05, 3.63) is 30.0 Å². The van der Waals surface area contributed by atoms with Crippen LogP contribution in [0.1, 0.15) is 31.4 Å². The minimum atomic E-state index is -0.110. The molecule has 1 aromatic carbocycles. The molecule has 4 heteroatoms. The van der Waals surface area contributed by atoms with Crippen LogP contribution < -0.4 is 10.1 Å². The van der Waals surface area contributed by atoms with Crippen molar-refractivity contribution < 1.29 is 14.3 Å². The smallest absolute Gasteiger partial charge is 0.176 e. The van der Waals surface area contributed by atoms with E-state index in [-0.39, 0.29) is 6.10 Å². The van der Waals surface area contributed by atoms with E-state index in [2.05, 4.69) is 11.4 Å². The maximum atomic E-state index is 9.69. The van der Waals surface area contributed by atoms with Gasteiger partial charge in [0.1, 0.15) is 5.76 Å². The van der Waals surface area contributed by atoms with Crippen molar-refractivity contribution in [3.63, 3.8) is 0 Å². The number of aliphatic hydroxyl groups excluding tert-OH is 1. The summed E-state index contributed by atoms with van der Waals surface area (Å²) < 4.78 is 11.2. The Hall–Kier alpha value is -1.52. The summed E-state index contributed by atoms with van der Waals surface area (Å²) >= 11 is 0. The number of nitrogens with one attached hydrogen (secondary N) is 1. The second-order valence-corrected chi connectivity index (χ2v) is 5.91. The number of methoxy groups -OCH3 is 1. The second kappa shape index (κ2) is 6.50. The molecular formula is C17H23NO3. The molecule has 1 saturated carbocycles. The van der Waals surface area contributed by atoms with Crippen LogP contribution in [0.15, 0.2) is 28.7 Å². The Balaban J connectivity index is 1.58. The quantitative estimate of drug-likeness (QED) is 0.888. The Morgan fingerprint density at radius 1 is 1.38 bits per heavy atom. The summed E-state index contributed by atoms with van der Waals surface area (Å²) in [4.78, 5) is 0. The van der Waals surface area contributed by atoms with Crippen LogP contribution in [-0.2, 0) is 6.54 Å². The van der Waals surface area contributed by atoms with Crippen molar-refractivity contribution in [2.45, 2.75) is 38.3 Å². The van der Waals surface area contributed by atoms with Gasteiger partial charge in [0.2, 0.25) is 0 Å². The molecular weight excluding hydrogens is 266 g/mol. The number of hydrogen-bond donors (Lipinski definition) is 2. The van der Waals surface area contributed by atoms with Gasteiger partial charge in [-0.25, -0.2) is 0 Å². The van der Waals surface area contributed by atoms with Gasteiger partial charge in [-0.15, -0.1) is 0 Å². The maximum absolute atomic E-state index is 9.69. The highest BCUT2D eigenvalue weighted by Crippen LogP contribution is 2.28. The monoisotopic (exact) mass is 289 g/mol. The summed E-state index contributed by atoms with van der Waals surface area (Å²) in [5.41, 5.74) is 0.810. The molecule has 0 spiro atoms. The highest BCUT2D eigenvalue weighted by atomic mass is 16.5. The van der Waals surface area contributed by atoms with Crippen molar-refractivity contribution in [2.75, 3.05) is 13.7 Å². The molecule has 1 aromatic heterocycles. The zero-order valence-electron chi connectivity index (χ0n) is 12.5. The first kappa shape index (κ1) is 14.4. The molecule has 2 atom stereocenters. The molecule has 1 aliphatic rings. The zero-order valence-corrected chi connectivity index (χ0v) is 12.5. The summed E-state index contributed by atoms with van der Waals surface area (Å²) in [7, 11) is 1.66. The molecule has 2 N–H and O–H groups in total. The van der Waals surface area contributed by atoms with Gasteiger partial charge in [0.15, 0.2) is 11.3 Å². The number of rotatable bonds is 5. The lowest BCUT2D eigenvalue weighted by molar-refractivity contribution is 0.100. The Kier molecular flexibility index (Phi) is 4.46. The highest BCUT2D eigenvalue weighted by Gasteiger charge is 2.19. The van der Waals surface area contributed by atoms with Crippen LogP contribution in [0, 0.1) is 5.92 Å². The van der Waals surface area contributed by atoms with Crippen molar-refractivity contribution in [2.24, 2.45) is 5.92 Å². The molecule has 2 unspecified atom stereocenters. The summed E-state index contributed by atoms with van der Waals surface area (Å²) in [5, 5.41) is 14.2. The first-order valence-electron chi connectivity index (χ1n) is 7.70. The first-order valence-corrected chi connectivity index (χ1v) is 7.70. The minimum absolute atomic E-state index is 0.110. The Morgan fingerprint density at radius 3 is 3.10 bits per heavy atom. The van der Waals surface area contributed by atoms with Crippen molar-refractivity contribution in [3.8, 4) is 5.75 Å². The minimum Gasteiger partial charge on any atom is -0.493 e. The average Bonchev–Trinajstić information content (AvgIpc) is 2.90. The van der Waals surface area contributed by atoms with Gasteiger partial charge in [-0.3, -0.25) is 0 Å². The van der Waals surface area contributed by atoms with E-state index in [4.69, 9.17) is 9.15 Å². The Labute approximate surface area is 125 Å². The molecule has 3 rings (SSSR count). The van der Waals surface area contributed by atoms with Gasteiger partial charge in [-0.05, 0) is 43.9 Å². The fraction of sp³-hybridized carbons (Fsp3) is 0.529. The van der Waals surface area contributed by atoms with E-state index >= 15 is 0 Å². The second-order valence-electron chi connectivity index (χ2n) is 5.91. The fourth-order valence-electron chi connectivity index (χ4n) is 3.19. The summed E-state index contributed by atoms with van der Waals surface area (Å²) in [6.45, 7) is 1.65. The molecule has 1 heterocycles. The SMILES string of the molecule is COc1cccc2cc(CNCC3CCCC(O)C3)oc12. The van der Waals surface area contributed by atoms with Gasteiger partial charge >= 0.3 is 0 Å². The lowest BCUT2D eigenvalue weighted by Crippen LogP contribution is -2.28. The summed E-state index contributed by atoms with van der Waals surface area (Å²) in [6, 6.07) is 7.96. The van der Waals surface area contributed by atoms with Gasteiger partial charge in [0.05, 0.1) is 19.8 Å². The summed E-state index contributed by atoms with van der Waals surface area (Å²) in [6.07, 6.45) is 4.11. The standard InChI is InChI=1S/C17H23NO3/c1-20-16-7-3-5-13-9-15(21-17(13)16)11-18-10-12-4-2-6-14(19)8-12/h3,5,7,9,12,14,18-19H,2,4,6,8,10-11H2,1H3. The Morgan fingerprint density at radius 2 is 2.29 bits per heavy atom. The molecule has 1 fully saturated rings. The van der Waals surface area contributed by atoms with Gasteiger partial charge in [0, 0.05) is 5.39 Å². The van der Waals surface area contributed by atoms with Gasteiger partial charge in [-0.1, -0.05) is 18.6 Å². The third kappa shape index (κ3) is 3.39. The van der Waals surface area contributed by atoms with Crippen molar-refractivity contribution in [1.82, 2.24) is 5.32 Å². The number of aliphatic hydroxyl groups is 1. The predicted molar refractivity (Wildman–Crippen MR) is 82.4 cm³/mol. The lowest BCUT2D eigenvalue weighted by Gasteiger charge is -2.25. The molecule has 114 valence electrons. The molecule has 4 nitrogen and oxygen atoms in total. The highest BCUT2D eigenvalue weighted by molar-refractivity contribution is 5.83. The largest absolute Gasteiger partial charge is 0.493 e. The van der Waals surface area contributed by atoms with E-state index in [1.165, 1.54) is 6.42 Å². The number of benzene rings is 1. The topological polar surface area (TPSA) is 54.6 Å². The number of furan rings is 1. The number of hydrogen-bond acceptors (Lipinski definition) is 4. The molecule has 0 aliphatic heterocycles.